The molecule has 0 spiro atoms. The number of benzene rings is 1. The first-order valence-electron chi connectivity index (χ1n) is 12.1. The van der Waals surface area contributed by atoms with Crippen LogP contribution in [0.5, 0.6) is 0 Å². The Morgan fingerprint density at radius 2 is 1.57 bits per heavy atom. The number of anilines is 3. The Morgan fingerprint density at radius 3 is 2.19 bits per heavy atom. The van der Waals surface area contributed by atoms with Crippen molar-refractivity contribution in [2.45, 2.75) is 47.0 Å². The molecular formula is C28H33N9. The van der Waals surface area contributed by atoms with Crippen LogP contribution in [0.1, 0.15) is 52.9 Å². The van der Waals surface area contributed by atoms with Crippen LogP contribution in [-0.4, -0.2) is 35.8 Å². The monoisotopic (exact) mass is 495 g/mol. The highest BCUT2D eigenvalue weighted by Gasteiger charge is 2.22. The summed E-state index contributed by atoms with van der Waals surface area (Å²) in [5, 5.41) is 15.9. The molecule has 0 saturated heterocycles. The fraction of sp³-hybridized carbons (Fsp3) is 0.286. The van der Waals surface area contributed by atoms with Gasteiger partial charge in [-0.2, -0.15) is 5.10 Å². The zero-order valence-electron chi connectivity index (χ0n) is 22.1. The molecule has 9 nitrogen and oxygen atoms in total. The van der Waals surface area contributed by atoms with E-state index in [4.69, 9.17) is 21.1 Å². The van der Waals surface area contributed by atoms with Gasteiger partial charge in [-0.05, 0) is 36.4 Å². The number of rotatable bonds is 6. The molecular weight excluding hydrogens is 462 g/mol. The average Bonchev–Trinajstić information content (AvgIpc) is 3.36. The lowest BCUT2D eigenvalue weighted by atomic mass is 9.89. The minimum Gasteiger partial charge on any atom is -0.397 e. The Balaban J connectivity index is 1.78. The number of hydrogen-bond donors (Lipinski definition) is 3. The van der Waals surface area contributed by atoms with Gasteiger partial charge in [0.1, 0.15) is 0 Å². The molecule has 0 saturated carbocycles. The maximum Gasteiger partial charge on any atom is 0.237 e. The number of aromatic amines is 1. The van der Waals surface area contributed by atoms with Crippen molar-refractivity contribution in [3.63, 3.8) is 0 Å². The Morgan fingerprint density at radius 1 is 0.919 bits per heavy atom. The fourth-order valence-electron chi connectivity index (χ4n) is 3.40. The van der Waals surface area contributed by atoms with Gasteiger partial charge in [-0.15, -0.1) is 0 Å². The first kappa shape index (κ1) is 25.7. The molecule has 0 unspecified atom stereocenters. The Hall–Kier alpha value is -4.40. The van der Waals surface area contributed by atoms with Gasteiger partial charge in [-0.1, -0.05) is 59.7 Å². The highest BCUT2D eigenvalue weighted by atomic mass is 15.3. The first-order chi connectivity index (χ1) is 17.4. The Bertz CT molecular complexity index is 1420. The summed E-state index contributed by atoms with van der Waals surface area (Å²) in [6.07, 6.45) is 4.98. The molecule has 4 aromatic rings. The molecule has 3 heterocycles. The third-order valence-corrected chi connectivity index (χ3v) is 5.73. The highest BCUT2D eigenvalue weighted by Crippen LogP contribution is 2.31. The van der Waals surface area contributed by atoms with Gasteiger partial charge in [0.05, 0.1) is 34.2 Å². The average molecular weight is 496 g/mol. The van der Waals surface area contributed by atoms with Crippen molar-refractivity contribution in [3.8, 4) is 11.4 Å². The summed E-state index contributed by atoms with van der Waals surface area (Å²) in [7, 11) is 0. The van der Waals surface area contributed by atoms with Crippen LogP contribution < -0.4 is 10.6 Å². The van der Waals surface area contributed by atoms with E-state index in [1.54, 1.807) is 29.4 Å². The lowest BCUT2D eigenvalue weighted by Crippen LogP contribution is -2.19. The smallest absolute Gasteiger partial charge is 0.237 e. The highest BCUT2D eigenvalue weighted by molar-refractivity contribution is 6.01. The quantitative estimate of drug-likeness (QED) is 0.288. The summed E-state index contributed by atoms with van der Waals surface area (Å²) in [5.41, 5.74) is 10.5. The van der Waals surface area contributed by atoms with Crippen molar-refractivity contribution in [1.29, 1.82) is 5.41 Å². The van der Waals surface area contributed by atoms with Crippen molar-refractivity contribution in [2.24, 2.45) is 11.1 Å². The van der Waals surface area contributed by atoms with E-state index in [1.165, 1.54) is 0 Å². The number of allylic oxidation sites excluding steroid dienone is 1. The Labute approximate surface area is 217 Å². The lowest BCUT2D eigenvalue weighted by molar-refractivity contribution is 0.567. The number of nitrogens with one attached hydrogen (secondary N) is 2. The topological polar surface area (TPSA) is 133 Å². The summed E-state index contributed by atoms with van der Waals surface area (Å²) in [6.45, 7) is 12.2. The molecule has 9 heteroatoms. The van der Waals surface area contributed by atoms with Crippen molar-refractivity contribution in [3.05, 3.63) is 78.4 Å². The summed E-state index contributed by atoms with van der Waals surface area (Å²) >= 11 is 0. The number of hydrogen-bond acceptors (Lipinski definition) is 8. The summed E-state index contributed by atoms with van der Waals surface area (Å²) < 4.78 is 0. The minimum atomic E-state index is -0.329. The van der Waals surface area contributed by atoms with E-state index in [-0.39, 0.29) is 10.8 Å². The van der Waals surface area contributed by atoms with Gasteiger partial charge in [0.15, 0.2) is 0 Å². The van der Waals surface area contributed by atoms with E-state index < -0.39 is 0 Å². The fourth-order valence-corrected chi connectivity index (χ4v) is 3.40. The second-order valence-corrected chi connectivity index (χ2v) is 10.8. The second-order valence-electron chi connectivity index (χ2n) is 10.8. The molecule has 0 amide bonds. The molecule has 0 bridgehead atoms. The molecule has 0 aliphatic heterocycles. The van der Waals surface area contributed by atoms with Crippen molar-refractivity contribution in [1.82, 2.24) is 30.1 Å². The maximum absolute atomic E-state index is 8.33. The van der Waals surface area contributed by atoms with Crippen LogP contribution in [0.3, 0.4) is 0 Å². The number of para-hydroxylation sites is 1. The van der Waals surface area contributed by atoms with Crippen molar-refractivity contribution in [2.75, 3.05) is 4.90 Å². The van der Waals surface area contributed by atoms with Gasteiger partial charge < -0.3 is 11.1 Å². The normalized spacial score (nSPS) is 12.4. The molecule has 37 heavy (non-hydrogen) atoms. The van der Waals surface area contributed by atoms with Crippen molar-refractivity contribution >= 4 is 29.0 Å². The molecule has 4 rings (SSSR count). The van der Waals surface area contributed by atoms with Crippen molar-refractivity contribution < 1.29 is 0 Å². The van der Waals surface area contributed by atoms with Crippen LogP contribution in [0.4, 0.5) is 17.6 Å². The molecule has 1 aromatic carbocycles. The van der Waals surface area contributed by atoms with Gasteiger partial charge >= 0.3 is 0 Å². The van der Waals surface area contributed by atoms with Gasteiger partial charge in [0.2, 0.25) is 11.9 Å². The van der Waals surface area contributed by atoms with Crippen LogP contribution in [-0.2, 0) is 5.41 Å². The number of H-pyrrole nitrogens is 1. The van der Waals surface area contributed by atoms with Gasteiger partial charge in [-0.3, -0.25) is 5.10 Å². The lowest BCUT2D eigenvalue weighted by Gasteiger charge is -2.21. The van der Waals surface area contributed by atoms with E-state index in [2.05, 4.69) is 40.9 Å². The van der Waals surface area contributed by atoms with Crippen LogP contribution in [0, 0.1) is 10.8 Å². The molecule has 0 atom stereocenters. The SMILES string of the molecule is CC(C)(C)C(=N)/C=C(\N)c1ccnc(N(c2ccccc2)c2nccc(-c3cc(C(C)(C)C)n[nH]3)n2)n1. The number of nitrogens with two attached hydrogens (primary N) is 1. The number of nitrogens with zero attached hydrogens (tertiary/aromatic N) is 6. The molecule has 0 radical (unpaired) electrons. The summed E-state index contributed by atoms with van der Waals surface area (Å²) in [4.78, 5) is 20.4. The summed E-state index contributed by atoms with van der Waals surface area (Å²) in [6, 6.07) is 15.2. The van der Waals surface area contributed by atoms with Gasteiger partial charge in [-0.25, -0.2) is 24.8 Å². The molecule has 190 valence electrons. The van der Waals surface area contributed by atoms with E-state index in [1.807, 2.05) is 63.2 Å². The molecule has 4 N–H and O–H groups in total. The van der Waals surface area contributed by atoms with E-state index in [0.29, 0.717) is 34.7 Å². The maximum atomic E-state index is 8.33. The van der Waals surface area contributed by atoms with Crippen LogP contribution >= 0.6 is 0 Å². The molecule has 3 aromatic heterocycles. The predicted octanol–water partition coefficient (Wildman–Crippen LogP) is 5.79. The second kappa shape index (κ2) is 9.93. The first-order valence-corrected chi connectivity index (χ1v) is 12.1. The standard InChI is InChI=1S/C28H33N9/c1-27(2,3)23(30)16-19(29)20-12-14-31-25(33-20)37(18-10-8-7-9-11-18)26-32-15-13-21(34-26)22-17-24(36-35-22)28(4,5)6/h7-17,30H,29H2,1-6H3,(H,35,36)/b19-16-,30-23?. The minimum absolute atomic E-state index is 0.0915. The van der Waals surface area contributed by atoms with Crippen LogP contribution in [0.25, 0.3) is 17.1 Å². The van der Waals surface area contributed by atoms with Gasteiger partial charge in [0, 0.05) is 28.9 Å². The van der Waals surface area contributed by atoms with E-state index >= 15 is 0 Å². The zero-order valence-corrected chi connectivity index (χ0v) is 22.1. The predicted molar refractivity (Wildman–Crippen MR) is 148 cm³/mol. The molecule has 0 aliphatic rings. The zero-order chi connectivity index (χ0) is 26.8. The van der Waals surface area contributed by atoms with Crippen LogP contribution in [0.15, 0.2) is 67.0 Å². The summed E-state index contributed by atoms with van der Waals surface area (Å²) in [5.74, 6) is 0.761. The van der Waals surface area contributed by atoms with Crippen LogP contribution in [0.2, 0.25) is 0 Å². The third-order valence-electron chi connectivity index (χ3n) is 5.73. The third kappa shape index (κ3) is 5.88. The van der Waals surface area contributed by atoms with Gasteiger partial charge in [0.25, 0.3) is 0 Å². The molecule has 0 aliphatic carbocycles. The molecule has 0 fully saturated rings. The Kier molecular flexibility index (Phi) is 6.89. The van der Waals surface area contributed by atoms with E-state index in [0.717, 1.165) is 17.1 Å². The van der Waals surface area contributed by atoms with E-state index in [9.17, 15) is 0 Å². The number of aromatic nitrogens is 6. The largest absolute Gasteiger partial charge is 0.397 e.